The third-order valence-corrected chi connectivity index (χ3v) is 3.15. The van der Waals surface area contributed by atoms with Crippen LogP contribution in [-0.2, 0) is 5.41 Å². The lowest BCUT2D eigenvalue weighted by molar-refractivity contribution is 0.166. The van der Waals surface area contributed by atoms with Crippen molar-refractivity contribution in [1.82, 2.24) is 5.32 Å². The molecular formula is C13H20ClNO2. The average Bonchev–Trinajstić information content (AvgIpc) is 2.31. The fourth-order valence-corrected chi connectivity index (χ4v) is 1.72. The third-order valence-electron chi connectivity index (χ3n) is 2.90. The standard InChI is InChI=1S/C13H20ClNO2/c1-13(2,9-15-12(7-16)8-17)10-3-5-11(14)6-4-10/h3-6,12,15-17H,7-9H2,1-2H3. The Morgan fingerprint density at radius 1 is 1.18 bits per heavy atom. The zero-order valence-electron chi connectivity index (χ0n) is 10.3. The van der Waals surface area contributed by atoms with E-state index in [9.17, 15) is 0 Å². The summed E-state index contributed by atoms with van der Waals surface area (Å²) in [5.74, 6) is 0. The highest BCUT2D eigenvalue weighted by atomic mass is 35.5. The maximum Gasteiger partial charge on any atom is 0.0607 e. The van der Waals surface area contributed by atoms with Crippen molar-refractivity contribution in [3.8, 4) is 0 Å². The Morgan fingerprint density at radius 2 is 1.71 bits per heavy atom. The summed E-state index contributed by atoms with van der Waals surface area (Å²) >= 11 is 5.85. The van der Waals surface area contributed by atoms with Gasteiger partial charge in [-0.05, 0) is 17.7 Å². The molecule has 0 radical (unpaired) electrons. The number of nitrogens with one attached hydrogen (secondary N) is 1. The van der Waals surface area contributed by atoms with E-state index in [0.717, 1.165) is 5.02 Å². The van der Waals surface area contributed by atoms with Crippen LogP contribution < -0.4 is 5.32 Å². The monoisotopic (exact) mass is 257 g/mol. The molecular weight excluding hydrogens is 238 g/mol. The van der Waals surface area contributed by atoms with Gasteiger partial charge in [-0.1, -0.05) is 37.6 Å². The first-order valence-electron chi connectivity index (χ1n) is 5.71. The summed E-state index contributed by atoms with van der Waals surface area (Å²) in [4.78, 5) is 0. The van der Waals surface area contributed by atoms with Crippen LogP contribution in [0.4, 0.5) is 0 Å². The first-order valence-corrected chi connectivity index (χ1v) is 6.08. The van der Waals surface area contributed by atoms with Crippen LogP contribution >= 0.6 is 11.6 Å². The lowest BCUT2D eigenvalue weighted by atomic mass is 9.84. The predicted octanol–water partition coefficient (Wildman–Crippen LogP) is 1.56. The Labute approximate surface area is 107 Å². The van der Waals surface area contributed by atoms with Crippen molar-refractivity contribution in [2.24, 2.45) is 0 Å². The number of hydrogen-bond acceptors (Lipinski definition) is 3. The van der Waals surface area contributed by atoms with Crippen molar-refractivity contribution < 1.29 is 10.2 Å². The van der Waals surface area contributed by atoms with Crippen molar-refractivity contribution in [3.63, 3.8) is 0 Å². The van der Waals surface area contributed by atoms with Gasteiger partial charge in [-0.25, -0.2) is 0 Å². The molecule has 1 aromatic carbocycles. The highest BCUT2D eigenvalue weighted by molar-refractivity contribution is 6.30. The molecule has 1 rings (SSSR count). The quantitative estimate of drug-likeness (QED) is 0.725. The van der Waals surface area contributed by atoms with Crippen LogP contribution in [0.5, 0.6) is 0 Å². The molecule has 0 fully saturated rings. The van der Waals surface area contributed by atoms with E-state index in [1.165, 1.54) is 5.56 Å². The van der Waals surface area contributed by atoms with E-state index in [-0.39, 0.29) is 24.7 Å². The Bertz CT molecular complexity index is 334. The molecule has 0 aliphatic carbocycles. The Morgan fingerprint density at radius 3 is 2.18 bits per heavy atom. The molecule has 0 atom stereocenters. The molecule has 0 saturated heterocycles. The molecule has 17 heavy (non-hydrogen) atoms. The smallest absolute Gasteiger partial charge is 0.0607 e. The highest BCUT2D eigenvalue weighted by Gasteiger charge is 2.21. The van der Waals surface area contributed by atoms with Crippen molar-refractivity contribution in [2.45, 2.75) is 25.3 Å². The van der Waals surface area contributed by atoms with Gasteiger partial charge in [0, 0.05) is 17.0 Å². The van der Waals surface area contributed by atoms with Gasteiger partial charge in [-0.3, -0.25) is 0 Å². The molecule has 0 aromatic heterocycles. The molecule has 4 heteroatoms. The summed E-state index contributed by atoms with van der Waals surface area (Å²) in [5, 5.41) is 21.8. The van der Waals surface area contributed by atoms with Crippen LogP contribution in [0.2, 0.25) is 5.02 Å². The summed E-state index contributed by atoms with van der Waals surface area (Å²) in [7, 11) is 0. The summed E-state index contributed by atoms with van der Waals surface area (Å²) in [6.45, 7) is 4.77. The molecule has 3 N–H and O–H groups in total. The number of benzene rings is 1. The van der Waals surface area contributed by atoms with Gasteiger partial charge in [0.2, 0.25) is 0 Å². The summed E-state index contributed by atoms with van der Waals surface area (Å²) < 4.78 is 0. The van der Waals surface area contributed by atoms with E-state index in [0.29, 0.717) is 6.54 Å². The Hall–Kier alpha value is -0.610. The van der Waals surface area contributed by atoms with E-state index in [1.54, 1.807) is 0 Å². The van der Waals surface area contributed by atoms with Gasteiger partial charge in [-0.2, -0.15) is 0 Å². The predicted molar refractivity (Wildman–Crippen MR) is 70.4 cm³/mol. The third kappa shape index (κ3) is 4.28. The SMILES string of the molecule is CC(C)(CNC(CO)CO)c1ccc(Cl)cc1. The zero-order chi connectivity index (χ0) is 12.9. The van der Waals surface area contributed by atoms with Gasteiger partial charge < -0.3 is 15.5 Å². The summed E-state index contributed by atoms with van der Waals surface area (Å²) in [5.41, 5.74) is 1.09. The van der Waals surface area contributed by atoms with Gasteiger partial charge in [0.15, 0.2) is 0 Å². The van der Waals surface area contributed by atoms with E-state index in [1.807, 2.05) is 24.3 Å². The van der Waals surface area contributed by atoms with Crippen LogP contribution in [-0.4, -0.2) is 36.0 Å². The van der Waals surface area contributed by atoms with E-state index >= 15 is 0 Å². The van der Waals surface area contributed by atoms with Gasteiger partial charge >= 0.3 is 0 Å². The van der Waals surface area contributed by atoms with Gasteiger partial charge in [-0.15, -0.1) is 0 Å². The second-order valence-corrected chi connectivity index (χ2v) is 5.27. The zero-order valence-corrected chi connectivity index (χ0v) is 11.0. The van der Waals surface area contributed by atoms with Crippen LogP contribution in [0.15, 0.2) is 24.3 Å². The van der Waals surface area contributed by atoms with Crippen LogP contribution in [0.25, 0.3) is 0 Å². The molecule has 0 saturated carbocycles. The number of hydrogen-bond donors (Lipinski definition) is 3. The number of rotatable bonds is 6. The molecule has 0 aliphatic rings. The minimum Gasteiger partial charge on any atom is -0.395 e. The lowest BCUT2D eigenvalue weighted by Gasteiger charge is -2.28. The first-order chi connectivity index (χ1) is 7.99. The Kier molecular flexibility index (Phi) is 5.40. The van der Waals surface area contributed by atoms with Crippen molar-refractivity contribution in [3.05, 3.63) is 34.9 Å². The van der Waals surface area contributed by atoms with Crippen LogP contribution in [0.1, 0.15) is 19.4 Å². The normalized spacial score (nSPS) is 12.1. The Balaban J connectivity index is 2.64. The molecule has 3 nitrogen and oxygen atoms in total. The number of aliphatic hydroxyl groups is 2. The van der Waals surface area contributed by atoms with Gasteiger partial charge in [0.05, 0.1) is 19.3 Å². The van der Waals surface area contributed by atoms with Gasteiger partial charge in [0.1, 0.15) is 0 Å². The molecule has 0 amide bonds. The molecule has 96 valence electrons. The molecule has 1 aromatic rings. The fourth-order valence-electron chi connectivity index (χ4n) is 1.59. The topological polar surface area (TPSA) is 52.5 Å². The fraction of sp³-hybridized carbons (Fsp3) is 0.538. The van der Waals surface area contributed by atoms with Gasteiger partial charge in [0.25, 0.3) is 0 Å². The minimum absolute atomic E-state index is 0.0623. The largest absolute Gasteiger partial charge is 0.395 e. The van der Waals surface area contributed by atoms with E-state index in [4.69, 9.17) is 21.8 Å². The first kappa shape index (κ1) is 14.5. The minimum atomic E-state index is -0.262. The molecule has 0 bridgehead atoms. The number of halogens is 1. The average molecular weight is 258 g/mol. The van der Waals surface area contributed by atoms with E-state index < -0.39 is 0 Å². The maximum absolute atomic E-state index is 8.99. The lowest BCUT2D eigenvalue weighted by Crippen LogP contribution is -2.42. The molecule has 0 spiro atoms. The second-order valence-electron chi connectivity index (χ2n) is 4.83. The summed E-state index contributed by atoms with van der Waals surface area (Å²) in [6, 6.07) is 7.47. The van der Waals surface area contributed by atoms with E-state index in [2.05, 4.69) is 19.2 Å². The number of aliphatic hydroxyl groups excluding tert-OH is 2. The van der Waals surface area contributed by atoms with Crippen molar-refractivity contribution in [2.75, 3.05) is 19.8 Å². The van der Waals surface area contributed by atoms with Crippen LogP contribution in [0.3, 0.4) is 0 Å². The maximum atomic E-state index is 8.99. The molecule has 0 heterocycles. The second kappa shape index (κ2) is 6.36. The highest BCUT2D eigenvalue weighted by Crippen LogP contribution is 2.23. The van der Waals surface area contributed by atoms with Crippen LogP contribution in [0, 0.1) is 0 Å². The van der Waals surface area contributed by atoms with Crippen molar-refractivity contribution >= 4 is 11.6 Å². The molecule has 0 aliphatic heterocycles. The van der Waals surface area contributed by atoms with Crippen molar-refractivity contribution in [1.29, 1.82) is 0 Å². The molecule has 0 unspecified atom stereocenters. The summed E-state index contributed by atoms with van der Waals surface area (Å²) in [6.07, 6.45) is 0.